The van der Waals surface area contributed by atoms with Crippen LogP contribution in [0.5, 0.6) is 0 Å². The highest BCUT2D eigenvalue weighted by Crippen LogP contribution is 2.18. The van der Waals surface area contributed by atoms with Gasteiger partial charge in [0.1, 0.15) is 0 Å². The van der Waals surface area contributed by atoms with Gasteiger partial charge in [-0.15, -0.1) is 0 Å². The van der Waals surface area contributed by atoms with Crippen molar-refractivity contribution in [3.8, 4) is 0 Å². The van der Waals surface area contributed by atoms with Crippen molar-refractivity contribution in [1.29, 1.82) is 0 Å². The number of likely N-dealkylation sites (N-methyl/N-ethyl adjacent to an activating group) is 1. The van der Waals surface area contributed by atoms with Crippen molar-refractivity contribution in [1.82, 2.24) is 10.2 Å². The summed E-state index contributed by atoms with van der Waals surface area (Å²) in [5.41, 5.74) is -0.275. The summed E-state index contributed by atoms with van der Waals surface area (Å²) in [5, 5.41) is 12.8. The number of hydrogen-bond donors (Lipinski definition) is 2. The molecule has 1 rings (SSSR count). The molecule has 0 aromatic heterocycles. The molecule has 0 aromatic carbocycles. The van der Waals surface area contributed by atoms with Crippen molar-refractivity contribution in [2.75, 3.05) is 39.4 Å². The minimum absolute atomic E-state index is 0.0686. The first-order valence-corrected chi connectivity index (χ1v) is 6.13. The summed E-state index contributed by atoms with van der Waals surface area (Å²) >= 11 is 0. The summed E-state index contributed by atoms with van der Waals surface area (Å²) in [6.07, 6.45) is 0. The van der Waals surface area contributed by atoms with Crippen molar-refractivity contribution >= 4 is 0 Å². The molecule has 0 saturated carbocycles. The number of hydrogen-bond acceptors (Lipinski definition) is 4. The second kappa shape index (κ2) is 5.45. The van der Waals surface area contributed by atoms with Crippen molar-refractivity contribution < 1.29 is 9.84 Å². The Morgan fingerprint density at radius 3 is 2.69 bits per heavy atom. The van der Waals surface area contributed by atoms with Gasteiger partial charge in [0.2, 0.25) is 0 Å². The van der Waals surface area contributed by atoms with Gasteiger partial charge < -0.3 is 15.2 Å². The maximum absolute atomic E-state index is 9.46. The first-order valence-electron chi connectivity index (χ1n) is 6.13. The van der Waals surface area contributed by atoms with Crippen LogP contribution in [0.1, 0.15) is 27.7 Å². The topological polar surface area (TPSA) is 44.7 Å². The summed E-state index contributed by atoms with van der Waals surface area (Å²) in [5.74, 6) is 0. The van der Waals surface area contributed by atoms with Gasteiger partial charge in [-0.25, -0.2) is 0 Å². The van der Waals surface area contributed by atoms with Gasteiger partial charge in [0, 0.05) is 19.6 Å². The Morgan fingerprint density at radius 1 is 1.50 bits per heavy atom. The maximum Gasteiger partial charge on any atom is 0.0753 e. The minimum Gasteiger partial charge on any atom is -0.394 e. The third-order valence-corrected chi connectivity index (χ3v) is 3.03. The highest BCUT2D eigenvalue weighted by molar-refractivity contribution is 4.89. The van der Waals surface area contributed by atoms with Crippen LogP contribution in [0, 0.1) is 0 Å². The number of rotatable bonds is 5. The predicted molar refractivity (Wildman–Crippen MR) is 65.6 cm³/mol. The van der Waals surface area contributed by atoms with Crippen molar-refractivity contribution in [2.45, 2.75) is 38.8 Å². The summed E-state index contributed by atoms with van der Waals surface area (Å²) in [6.45, 7) is 12.9. The molecule has 0 radical (unpaired) electrons. The zero-order chi connectivity index (χ0) is 12.2. The molecule has 1 atom stereocenters. The molecular formula is C12H26N2O2. The Morgan fingerprint density at radius 2 is 2.19 bits per heavy atom. The SMILES string of the molecule is CCNC(C)(CO)CN1CCOC(C)(C)C1. The van der Waals surface area contributed by atoms with Crippen LogP contribution in [-0.2, 0) is 4.74 Å². The molecule has 2 N–H and O–H groups in total. The van der Waals surface area contributed by atoms with E-state index in [0.29, 0.717) is 0 Å². The van der Waals surface area contributed by atoms with E-state index in [1.807, 2.05) is 0 Å². The molecule has 1 unspecified atom stereocenters. The van der Waals surface area contributed by atoms with Crippen LogP contribution >= 0.6 is 0 Å². The van der Waals surface area contributed by atoms with E-state index in [9.17, 15) is 5.11 Å². The highest BCUT2D eigenvalue weighted by atomic mass is 16.5. The fourth-order valence-electron chi connectivity index (χ4n) is 2.33. The van der Waals surface area contributed by atoms with Gasteiger partial charge in [0.05, 0.1) is 24.4 Å². The normalized spacial score (nSPS) is 25.3. The average Bonchev–Trinajstić information content (AvgIpc) is 2.16. The molecule has 1 fully saturated rings. The lowest BCUT2D eigenvalue weighted by atomic mass is 10.0. The third kappa shape index (κ3) is 4.01. The molecule has 1 heterocycles. The minimum atomic E-state index is -0.206. The number of ether oxygens (including phenoxy) is 1. The Kier molecular flexibility index (Phi) is 4.73. The average molecular weight is 230 g/mol. The second-order valence-corrected chi connectivity index (χ2v) is 5.57. The van der Waals surface area contributed by atoms with E-state index >= 15 is 0 Å². The molecule has 0 bridgehead atoms. The molecule has 1 saturated heterocycles. The standard InChI is InChI=1S/C12H26N2O2/c1-5-13-12(4,10-15)9-14-6-7-16-11(2,3)8-14/h13,15H,5-10H2,1-4H3. The Bertz CT molecular complexity index is 221. The summed E-state index contributed by atoms with van der Waals surface area (Å²) in [7, 11) is 0. The van der Waals surface area contributed by atoms with Crippen molar-refractivity contribution in [3.05, 3.63) is 0 Å². The lowest BCUT2D eigenvalue weighted by molar-refractivity contribution is -0.0923. The first kappa shape index (κ1) is 13.9. The molecular weight excluding hydrogens is 204 g/mol. The molecule has 0 aliphatic carbocycles. The zero-order valence-electron chi connectivity index (χ0n) is 11.0. The van der Waals surface area contributed by atoms with E-state index < -0.39 is 0 Å². The molecule has 4 nitrogen and oxygen atoms in total. The molecule has 4 heteroatoms. The van der Waals surface area contributed by atoms with E-state index in [1.165, 1.54) is 0 Å². The summed E-state index contributed by atoms with van der Waals surface area (Å²) in [4.78, 5) is 2.36. The first-order chi connectivity index (χ1) is 7.41. The van der Waals surface area contributed by atoms with Crippen LogP contribution in [0.15, 0.2) is 0 Å². The zero-order valence-corrected chi connectivity index (χ0v) is 11.0. The van der Waals surface area contributed by atoms with Gasteiger partial charge in [-0.1, -0.05) is 6.92 Å². The summed E-state index contributed by atoms with van der Waals surface area (Å²) in [6, 6.07) is 0. The smallest absolute Gasteiger partial charge is 0.0753 e. The Hall–Kier alpha value is -0.160. The molecule has 1 aliphatic heterocycles. The molecule has 1 aliphatic rings. The van der Waals surface area contributed by atoms with Gasteiger partial charge in [-0.05, 0) is 27.3 Å². The van der Waals surface area contributed by atoms with Crippen LogP contribution in [-0.4, -0.2) is 60.5 Å². The van der Waals surface area contributed by atoms with Gasteiger partial charge >= 0.3 is 0 Å². The van der Waals surface area contributed by atoms with Crippen LogP contribution in [0.4, 0.5) is 0 Å². The summed E-state index contributed by atoms with van der Waals surface area (Å²) < 4.78 is 5.68. The quantitative estimate of drug-likeness (QED) is 0.720. The van der Waals surface area contributed by atoms with Crippen molar-refractivity contribution in [3.63, 3.8) is 0 Å². The van der Waals surface area contributed by atoms with Crippen LogP contribution in [0.25, 0.3) is 0 Å². The van der Waals surface area contributed by atoms with Crippen LogP contribution in [0.2, 0.25) is 0 Å². The fourth-order valence-corrected chi connectivity index (χ4v) is 2.33. The predicted octanol–water partition coefficient (Wildman–Crippen LogP) is 0.458. The number of aliphatic hydroxyl groups excluding tert-OH is 1. The number of nitrogens with zero attached hydrogens (tertiary/aromatic N) is 1. The lowest BCUT2D eigenvalue weighted by Crippen LogP contribution is -2.58. The monoisotopic (exact) mass is 230 g/mol. The third-order valence-electron chi connectivity index (χ3n) is 3.03. The maximum atomic E-state index is 9.46. The van der Waals surface area contributed by atoms with Crippen LogP contribution < -0.4 is 5.32 Å². The van der Waals surface area contributed by atoms with E-state index in [2.05, 4.69) is 37.9 Å². The van der Waals surface area contributed by atoms with Gasteiger partial charge in [0.15, 0.2) is 0 Å². The van der Waals surface area contributed by atoms with Crippen molar-refractivity contribution in [2.24, 2.45) is 0 Å². The largest absolute Gasteiger partial charge is 0.394 e. The Labute approximate surface area is 99.0 Å². The molecule has 0 amide bonds. The second-order valence-electron chi connectivity index (χ2n) is 5.57. The van der Waals surface area contributed by atoms with Gasteiger partial charge in [-0.2, -0.15) is 0 Å². The highest BCUT2D eigenvalue weighted by Gasteiger charge is 2.32. The number of nitrogens with one attached hydrogen (secondary N) is 1. The number of aliphatic hydroxyl groups is 1. The number of morpholine rings is 1. The van der Waals surface area contributed by atoms with Gasteiger partial charge in [0.25, 0.3) is 0 Å². The van der Waals surface area contributed by atoms with E-state index in [-0.39, 0.29) is 17.7 Å². The van der Waals surface area contributed by atoms with E-state index in [0.717, 1.165) is 32.8 Å². The lowest BCUT2D eigenvalue weighted by Gasteiger charge is -2.42. The van der Waals surface area contributed by atoms with Gasteiger partial charge in [-0.3, -0.25) is 4.90 Å². The molecule has 0 spiro atoms. The molecule has 16 heavy (non-hydrogen) atoms. The fraction of sp³-hybridized carbons (Fsp3) is 1.00. The molecule has 96 valence electrons. The Balaban J connectivity index is 2.51. The van der Waals surface area contributed by atoms with Crippen LogP contribution in [0.3, 0.4) is 0 Å². The van der Waals surface area contributed by atoms with E-state index in [4.69, 9.17) is 4.74 Å². The van der Waals surface area contributed by atoms with E-state index in [1.54, 1.807) is 0 Å². The molecule has 0 aromatic rings.